The van der Waals surface area contributed by atoms with Gasteiger partial charge < -0.3 is 9.80 Å². The van der Waals surface area contributed by atoms with Crippen LogP contribution in [0, 0.1) is 11.7 Å². The van der Waals surface area contributed by atoms with Crippen molar-refractivity contribution >= 4 is 0 Å². The molecule has 1 aliphatic rings. The number of likely N-dealkylation sites (tertiary alicyclic amines) is 1. The minimum Gasteiger partial charge on any atom is -0.302 e. The molecule has 0 unspecified atom stereocenters. The second kappa shape index (κ2) is 7.01. The number of halogens is 1. The molecule has 2 rings (SSSR count). The average Bonchev–Trinajstić information content (AvgIpc) is 2.39. The highest BCUT2D eigenvalue weighted by Gasteiger charge is 2.16. The highest BCUT2D eigenvalue weighted by Crippen LogP contribution is 2.15. The molecule has 1 heterocycles. The Morgan fingerprint density at radius 2 is 2.05 bits per heavy atom. The summed E-state index contributed by atoms with van der Waals surface area (Å²) in [5.41, 5.74) is 1.18. The Kier molecular flexibility index (Phi) is 5.34. The van der Waals surface area contributed by atoms with E-state index in [4.69, 9.17) is 0 Å². The summed E-state index contributed by atoms with van der Waals surface area (Å²) < 4.78 is 12.8. The van der Waals surface area contributed by atoms with Gasteiger partial charge in [0.25, 0.3) is 0 Å². The van der Waals surface area contributed by atoms with Crippen LogP contribution in [0.2, 0.25) is 0 Å². The fraction of sp³-hybridized carbons (Fsp3) is 0.625. The first-order chi connectivity index (χ1) is 9.13. The summed E-state index contributed by atoms with van der Waals surface area (Å²) in [5.74, 6) is 0.685. The number of benzene rings is 1. The molecule has 0 aliphatic carbocycles. The van der Waals surface area contributed by atoms with Gasteiger partial charge in [-0.15, -0.1) is 0 Å². The Balaban J connectivity index is 1.72. The van der Waals surface area contributed by atoms with Crippen LogP contribution in [0.5, 0.6) is 0 Å². The first-order valence-corrected chi connectivity index (χ1v) is 7.29. The Morgan fingerprint density at radius 1 is 1.32 bits per heavy atom. The van der Waals surface area contributed by atoms with Crippen molar-refractivity contribution in [2.45, 2.75) is 26.3 Å². The molecule has 1 aromatic carbocycles. The van der Waals surface area contributed by atoms with Crippen LogP contribution in [0.4, 0.5) is 4.39 Å². The normalized spacial score (nSPS) is 20.9. The van der Waals surface area contributed by atoms with Crippen molar-refractivity contribution in [1.29, 1.82) is 0 Å². The van der Waals surface area contributed by atoms with E-state index < -0.39 is 0 Å². The van der Waals surface area contributed by atoms with Gasteiger partial charge in [0.15, 0.2) is 0 Å². The number of rotatable bonds is 5. The first-order valence-electron chi connectivity index (χ1n) is 7.29. The van der Waals surface area contributed by atoms with Crippen LogP contribution < -0.4 is 0 Å². The first kappa shape index (κ1) is 14.5. The lowest BCUT2D eigenvalue weighted by Gasteiger charge is -2.32. The van der Waals surface area contributed by atoms with Gasteiger partial charge in [0.2, 0.25) is 0 Å². The van der Waals surface area contributed by atoms with Gasteiger partial charge in [-0.05, 0) is 50.0 Å². The zero-order chi connectivity index (χ0) is 13.7. The second-order valence-electron chi connectivity index (χ2n) is 5.91. The summed E-state index contributed by atoms with van der Waals surface area (Å²) in [7, 11) is 2.14. The molecule has 0 N–H and O–H groups in total. The largest absolute Gasteiger partial charge is 0.302 e. The van der Waals surface area contributed by atoms with Crippen molar-refractivity contribution in [3.63, 3.8) is 0 Å². The lowest BCUT2D eigenvalue weighted by atomic mass is 10.0. The van der Waals surface area contributed by atoms with Gasteiger partial charge in [-0.3, -0.25) is 0 Å². The summed E-state index contributed by atoms with van der Waals surface area (Å²) in [6.45, 7) is 7.93. The zero-order valence-electron chi connectivity index (χ0n) is 12.1. The van der Waals surface area contributed by atoms with Crippen molar-refractivity contribution in [1.82, 2.24) is 9.80 Å². The summed E-state index contributed by atoms with van der Waals surface area (Å²) in [6.07, 6.45) is 2.71. The molecule has 0 saturated carbocycles. The third-order valence-corrected chi connectivity index (χ3v) is 3.90. The van der Waals surface area contributed by atoms with Gasteiger partial charge in [0, 0.05) is 26.2 Å². The van der Waals surface area contributed by atoms with Gasteiger partial charge in [0.05, 0.1) is 0 Å². The minimum atomic E-state index is -0.159. The van der Waals surface area contributed by atoms with Gasteiger partial charge in [0.1, 0.15) is 5.82 Å². The minimum absolute atomic E-state index is 0.159. The van der Waals surface area contributed by atoms with Crippen LogP contribution in [0.3, 0.4) is 0 Å². The summed E-state index contributed by atoms with van der Waals surface area (Å²) in [5, 5.41) is 0. The Morgan fingerprint density at radius 3 is 2.74 bits per heavy atom. The molecular formula is C16H25FN2. The van der Waals surface area contributed by atoms with Crippen LogP contribution in [-0.2, 0) is 6.54 Å². The van der Waals surface area contributed by atoms with Crippen molar-refractivity contribution < 1.29 is 4.39 Å². The van der Waals surface area contributed by atoms with Crippen LogP contribution >= 0.6 is 0 Å². The van der Waals surface area contributed by atoms with Crippen LogP contribution in [-0.4, -0.2) is 43.0 Å². The molecule has 2 nitrogen and oxygen atoms in total. The maximum absolute atomic E-state index is 12.8. The SMILES string of the molecule is C[C@@H]1CCCN(CCN(C)Cc2ccc(F)cc2)C1. The lowest BCUT2D eigenvalue weighted by Crippen LogP contribution is -2.39. The van der Waals surface area contributed by atoms with Crippen molar-refractivity contribution in [2.75, 3.05) is 33.2 Å². The number of nitrogens with zero attached hydrogens (tertiary/aromatic N) is 2. The summed E-state index contributed by atoms with van der Waals surface area (Å²) in [6, 6.07) is 6.81. The molecule has 106 valence electrons. The standard InChI is InChI=1S/C16H25FN2/c1-14-4-3-9-19(12-14)11-10-18(2)13-15-5-7-16(17)8-6-15/h5-8,14H,3-4,9-13H2,1-2H3/t14-/m1/s1. The van der Waals surface area contributed by atoms with E-state index in [9.17, 15) is 4.39 Å². The van der Waals surface area contributed by atoms with Crippen LogP contribution in [0.25, 0.3) is 0 Å². The van der Waals surface area contributed by atoms with E-state index >= 15 is 0 Å². The number of piperidine rings is 1. The van der Waals surface area contributed by atoms with Crippen molar-refractivity contribution in [3.8, 4) is 0 Å². The molecule has 1 fully saturated rings. The van der Waals surface area contributed by atoms with E-state index in [1.54, 1.807) is 0 Å². The Hall–Kier alpha value is -0.930. The predicted molar refractivity (Wildman–Crippen MR) is 77.6 cm³/mol. The second-order valence-corrected chi connectivity index (χ2v) is 5.91. The highest BCUT2D eigenvalue weighted by atomic mass is 19.1. The molecule has 0 aromatic heterocycles. The fourth-order valence-electron chi connectivity index (χ4n) is 2.78. The zero-order valence-corrected chi connectivity index (χ0v) is 12.1. The number of likely N-dealkylation sites (N-methyl/N-ethyl adjacent to an activating group) is 1. The molecule has 1 aliphatic heterocycles. The van der Waals surface area contributed by atoms with Gasteiger partial charge in [-0.1, -0.05) is 19.1 Å². The molecule has 1 saturated heterocycles. The topological polar surface area (TPSA) is 6.48 Å². The van der Waals surface area contributed by atoms with Gasteiger partial charge in [-0.2, -0.15) is 0 Å². The Labute approximate surface area is 116 Å². The molecule has 0 bridgehead atoms. The smallest absolute Gasteiger partial charge is 0.123 e. The van der Waals surface area contributed by atoms with Crippen molar-refractivity contribution in [2.24, 2.45) is 5.92 Å². The predicted octanol–water partition coefficient (Wildman–Crippen LogP) is 2.99. The molecular weight excluding hydrogens is 239 g/mol. The average molecular weight is 264 g/mol. The van der Waals surface area contributed by atoms with Crippen LogP contribution in [0.15, 0.2) is 24.3 Å². The third-order valence-electron chi connectivity index (χ3n) is 3.90. The van der Waals surface area contributed by atoms with Crippen LogP contribution in [0.1, 0.15) is 25.3 Å². The van der Waals surface area contributed by atoms with Crippen molar-refractivity contribution in [3.05, 3.63) is 35.6 Å². The summed E-state index contributed by atoms with van der Waals surface area (Å²) in [4.78, 5) is 4.88. The van der Waals surface area contributed by atoms with Gasteiger partial charge in [-0.25, -0.2) is 4.39 Å². The molecule has 19 heavy (non-hydrogen) atoms. The van der Waals surface area contributed by atoms with E-state index in [2.05, 4.69) is 23.8 Å². The lowest BCUT2D eigenvalue weighted by molar-refractivity contribution is 0.161. The van der Waals surface area contributed by atoms with E-state index in [0.29, 0.717) is 0 Å². The van der Waals surface area contributed by atoms with E-state index in [1.807, 2.05) is 12.1 Å². The monoisotopic (exact) mass is 264 g/mol. The fourth-order valence-corrected chi connectivity index (χ4v) is 2.78. The molecule has 0 spiro atoms. The Bertz CT molecular complexity index is 377. The van der Waals surface area contributed by atoms with Gasteiger partial charge >= 0.3 is 0 Å². The van der Waals surface area contributed by atoms with E-state index in [-0.39, 0.29) is 5.82 Å². The van der Waals surface area contributed by atoms with E-state index in [0.717, 1.165) is 25.6 Å². The number of hydrogen-bond donors (Lipinski definition) is 0. The highest BCUT2D eigenvalue weighted by molar-refractivity contribution is 5.15. The maximum atomic E-state index is 12.8. The molecule has 0 amide bonds. The summed E-state index contributed by atoms with van der Waals surface area (Å²) >= 11 is 0. The number of hydrogen-bond acceptors (Lipinski definition) is 2. The molecule has 0 radical (unpaired) electrons. The molecule has 1 atom stereocenters. The van der Waals surface area contributed by atoms with E-state index in [1.165, 1.54) is 43.6 Å². The third kappa shape index (κ3) is 4.92. The molecule has 3 heteroatoms. The molecule has 1 aromatic rings. The maximum Gasteiger partial charge on any atom is 0.123 e. The quantitative estimate of drug-likeness (QED) is 0.806.